The van der Waals surface area contributed by atoms with Crippen molar-refractivity contribution < 1.29 is 22.7 Å². The van der Waals surface area contributed by atoms with E-state index < -0.39 is 17.8 Å². The van der Waals surface area contributed by atoms with E-state index in [1.165, 1.54) is 6.07 Å². The number of nitrogens with one attached hydrogen (secondary N) is 2. The number of rotatable bonds is 8. The van der Waals surface area contributed by atoms with Gasteiger partial charge >= 0.3 is 6.18 Å². The van der Waals surface area contributed by atoms with Crippen molar-refractivity contribution in [3.63, 3.8) is 0 Å². The smallest absolute Gasteiger partial charge is 0.416 e. The van der Waals surface area contributed by atoms with Crippen molar-refractivity contribution in [3.8, 4) is 5.75 Å². The van der Waals surface area contributed by atoms with Crippen LogP contribution < -0.4 is 15.4 Å². The second-order valence-electron chi connectivity index (χ2n) is 6.83. The summed E-state index contributed by atoms with van der Waals surface area (Å²) in [6.45, 7) is 2.28. The Morgan fingerprint density at radius 1 is 1.18 bits per heavy atom. The van der Waals surface area contributed by atoms with Crippen LogP contribution in [-0.2, 0) is 11.0 Å². The van der Waals surface area contributed by atoms with Crippen molar-refractivity contribution in [2.45, 2.75) is 44.4 Å². The topological polar surface area (TPSA) is 50.4 Å². The summed E-state index contributed by atoms with van der Waals surface area (Å²) < 4.78 is 45.2. The van der Waals surface area contributed by atoms with E-state index in [0.29, 0.717) is 18.6 Å². The molecule has 1 atom stereocenters. The fourth-order valence-electron chi connectivity index (χ4n) is 2.77. The molecule has 1 fully saturated rings. The van der Waals surface area contributed by atoms with Gasteiger partial charge in [0.15, 0.2) is 0 Å². The Bertz CT molecular complexity index is 805. The van der Waals surface area contributed by atoms with Gasteiger partial charge in [-0.2, -0.15) is 13.2 Å². The van der Waals surface area contributed by atoms with Gasteiger partial charge < -0.3 is 15.4 Å². The summed E-state index contributed by atoms with van der Waals surface area (Å²) >= 11 is 0. The van der Waals surface area contributed by atoms with E-state index in [0.717, 1.165) is 25.0 Å². The van der Waals surface area contributed by atoms with Crippen LogP contribution in [0.15, 0.2) is 48.5 Å². The van der Waals surface area contributed by atoms with Gasteiger partial charge in [0.1, 0.15) is 11.8 Å². The Morgan fingerprint density at radius 3 is 2.50 bits per heavy atom. The largest absolute Gasteiger partial charge is 0.491 e. The number of halogens is 3. The van der Waals surface area contributed by atoms with Gasteiger partial charge in [-0.05, 0) is 43.0 Å². The van der Waals surface area contributed by atoms with Crippen LogP contribution in [0.1, 0.15) is 43.4 Å². The number of ether oxygens (including phenoxy) is 1. The average molecular weight is 392 g/mol. The lowest BCUT2D eigenvalue weighted by Crippen LogP contribution is -2.35. The Labute approximate surface area is 162 Å². The number of hydrogen-bond donors (Lipinski definition) is 2. The number of alkyl halides is 3. The fraction of sp³-hybridized carbons (Fsp3) is 0.381. The van der Waals surface area contributed by atoms with E-state index in [2.05, 4.69) is 10.6 Å². The minimum absolute atomic E-state index is 0.137. The molecular formula is C21H23F3N2O2. The van der Waals surface area contributed by atoms with Crippen molar-refractivity contribution in [2.75, 3.05) is 11.9 Å². The third-order valence-corrected chi connectivity index (χ3v) is 4.39. The summed E-state index contributed by atoms with van der Waals surface area (Å²) in [6.07, 6.45) is -1.94. The zero-order valence-corrected chi connectivity index (χ0v) is 15.6. The minimum Gasteiger partial charge on any atom is -0.491 e. The molecule has 150 valence electrons. The molecule has 4 nitrogen and oxygen atoms in total. The molecule has 7 heteroatoms. The molecule has 1 aliphatic carbocycles. The average Bonchev–Trinajstić information content (AvgIpc) is 3.48. The van der Waals surface area contributed by atoms with Crippen molar-refractivity contribution in [3.05, 3.63) is 59.7 Å². The molecule has 0 aliphatic heterocycles. The molecule has 2 aromatic rings. The predicted molar refractivity (Wildman–Crippen MR) is 101 cm³/mol. The number of carbonyl (C=O) groups is 1. The summed E-state index contributed by atoms with van der Waals surface area (Å²) in [4.78, 5) is 12.8. The zero-order chi connectivity index (χ0) is 20.1. The summed E-state index contributed by atoms with van der Waals surface area (Å²) in [6, 6.07) is 11.5. The SMILES string of the molecule is CCCOc1ccc(C(F)(F)F)cc1NC(C(=O)NC1CC1)c1ccccc1. The molecule has 1 aliphatic rings. The molecule has 0 aromatic heterocycles. The Balaban J connectivity index is 1.94. The van der Waals surface area contributed by atoms with E-state index >= 15 is 0 Å². The molecule has 1 amide bonds. The monoisotopic (exact) mass is 392 g/mol. The van der Waals surface area contributed by atoms with E-state index in [1.807, 2.05) is 13.0 Å². The van der Waals surface area contributed by atoms with Gasteiger partial charge in [0.2, 0.25) is 5.91 Å². The Hall–Kier alpha value is -2.70. The van der Waals surface area contributed by atoms with Crippen molar-refractivity contribution in [1.82, 2.24) is 5.32 Å². The van der Waals surface area contributed by atoms with Crippen LogP contribution in [0, 0.1) is 0 Å². The van der Waals surface area contributed by atoms with E-state index in [4.69, 9.17) is 4.74 Å². The Morgan fingerprint density at radius 2 is 1.89 bits per heavy atom. The standard InChI is InChI=1S/C21H23F3N2O2/c1-2-12-28-18-11-8-15(21(22,23)24)13-17(18)26-19(14-6-4-3-5-7-14)20(27)25-16-9-10-16/h3-8,11,13,16,19,26H,2,9-10,12H2,1H3,(H,25,27). The lowest BCUT2D eigenvalue weighted by molar-refractivity contribution is -0.137. The molecule has 0 radical (unpaired) electrons. The number of anilines is 1. The minimum atomic E-state index is -4.49. The van der Waals surface area contributed by atoms with Crippen LogP contribution in [0.4, 0.5) is 18.9 Å². The number of hydrogen-bond acceptors (Lipinski definition) is 3. The normalized spacial score (nSPS) is 15.0. The van der Waals surface area contributed by atoms with Gasteiger partial charge in [0, 0.05) is 6.04 Å². The first kappa shape index (κ1) is 20.0. The highest BCUT2D eigenvalue weighted by molar-refractivity contribution is 5.87. The highest BCUT2D eigenvalue weighted by atomic mass is 19.4. The molecule has 0 spiro atoms. The maximum atomic E-state index is 13.2. The molecule has 0 saturated heterocycles. The van der Waals surface area contributed by atoms with Crippen molar-refractivity contribution >= 4 is 11.6 Å². The molecule has 28 heavy (non-hydrogen) atoms. The lowest BCUT2D eigenvalue weighted by Gasteiger charge is -2.22. The summed E-state index contributed by atoms with van der Waals surface area (Å²) in [5.74, 6) is 0.0163. The number of carbonyl (C=O) groups excluding carboxylic acids is 1. The maximum absolute atomic E-state index is 13.2. The lowest BCUT2D eigenvalue weighted by atomic mass is 10.0. The van der Waals surface area contributed by atoms with Gasteiger partial charge in [-0.25, -0.2) is 0 Å². The van der Waals surface area contributed by atoms with Crippen LogP contribution >= 0.6 is 0 Å². The maximum Gasteiger partial charge on any atom is 0.416 e. The molecule has 0 heterocycles. The van der Waals surface area contributed by atoms with Crippen LogP contribution in [-0.4, -0.2) is 18.6 Å². The van der Waals surface area contributed by atoms with Gasteiger partial charge in [-0.15, -0.1) is 0 Å². The van der Waals surface area contributed by atoms with Crippen LogP contribution in [0.2, 0.25) is 0 Å². The second-order valence-corrected chi connectivity index (χ2v) is 6.83. The van der Waals surface area contributed by atoms with Crippen molar-refractivity contribution in [1.29, 1.82) is 0 Å². The van der Waals surface area contributed by atoms with E-state index in [-0.39, 0.29) is 23.4 Å². The fourth-order valence-corrected chi connectivity index (χ4v) is 2.77. The van der Waals surface area contributed by atoms with Gasteiger partial charge in [0.05, 0.1) is 17.9 Å². The predicted octanol–water partition coefficient (Wildman–Crippen LogP) is 4.93. The first-order chi connectivity index (χ1) is 13.4. The molecule has 0 bridgehead atoms. The quantitative estimate of drug-likeness (QED) is 0.670. The zero-order valence-electron chi connectivity index (χ0n) is 15.6. The van der Waals surface area contributed by atoms with Crippen LogP contribution in [0.5, 0.6) is 5.75 Å². The highest BCUT2D eigenvalue weighted by Crippen LogP contribution is 2.37. The first-order valence-electron chi connectivity index (χ1n) is 9.34. The molecule has 2 aromatic carbocycles. The first-order valence-corrected chi connectivity index (χ1v) is 9.34. The van der Waals surface area contributed by atoms with Crippen LogP contribution in [0.25, 0.3) is 0 Å². The molecule has 1 unspecified atom stereocenters. The van der Waals surface area contributed by atoms with E-state index in [9.17, 15) is 18.0 Å². The third-order valence-electron chi connectivity index (χ3n) is 4.39. The number of benzene rings is 2. The molecular weight excluding hydrogens is 369 g/mol. The van der Waals surface area contributed by atoms with Gasteiger partial charge in [-0.1, -0.05) is 37.3 Å². The third kappa shape index (κ3) is 5.18. The molecule has 3 rings (SSSR count). The highest BCUT2D eigenvalue weighted by Gasteiger charge is 2.33. The summed E-state index contributed by atoms with van der Waals surface area (Å²) in [5.41, 5.74) is 0.0100. The number of amides is 1. The van der Waals surface area contributed by atoms with Crippen LogP contribution in [0.3, 0.4) is 0 Å². The second kappa shape index (κ2) is 8.54. The van der Waals surface area contributed by atoms with Gasteiger partial charge in [0.25, 0.3) is 0 Å². The molecule has 1 saturated carbocycles. The van der Waals surface area contributed by atoms with Crippen molar-refractivity contribution in [2.24, 2.45) is 0 Å². The van der Waals surface area contributed by atoms with Gasteiger partial charge in [-0.3, -0.25) is 4.79 Å². The summed E-state index contributed by atoms with van der Waals surface area (Å²) in [5, 5.41) is 5.90. The van der Waals surface area contributed by atoms with E-state index in [1.54, 1.807) is 24.3 Å². The Kier molecular flexibility index (Phi) is 6.11. The molecule has 2 N–H and O–H groups in total. The summed E-state index contributed by atoms with van der Waals surface area (Å²) in [7, 11) is 0.